The molecular weight excluding hydrogens is 416 g/mol. The van der Waals surface area contributed by atoms with Gasteiger partial charge in [0.05, 0.1) is 0 Å². The number of ketones is 1. The van der Waals surface area contributed by atoms with Crippen molar-refractivity contribution in [2.24, 2.45) is 46.3 Å². The van der Waals surface area contributed by atoms with Crippen molar-refractivity contribution < 1.29 is 19.1 Å². The van der Waals surface area contributed by atoms with Gasteiger partial charge in [-0.1, -0.05) is 20.8 Å². The molecule has 0 saturated heterocycles. The number of carboxylic acid groups (broad SMARTS) is 1. The molecule has 4 aliphatic carbocycles. The van der Waals surface area contributed by atoms with Gasteiger partial charge in [0.15, 0.2) is 8.32 Å². The van der Waals surface area contributed by atoms with E-state index >= 15 is 0 Å². The minimum atomic E-state index is -1.56. The lowest BCUT2D eigenvalue weighted by molar-refractivity contribution is -0.160. The molecule has 0 amide bonds. The van der Waals surface area contributed by atoms with Gasteiger partial charge in [-0.3, -0.25) is 9.59 Å². The van der Waals surface area contributed by atoms with E-state index in [9.17, 15) is 9.59 Å². The summed E-state index contributed by atoms with van der Waals surface area (Å²) in [4.78, 5) is 24.8. The molecule has 32 heavy (non-hydrogen) atoms. The van der Waals surface area contributed by atoms with Crippen molar-refractivity contribution in [2.45, 2.75) is 111 Å². The first-order chi connectivity index (χ1) is 14.8. The highest BCUT2D eigenvalue weighted by Gasteiger charge is 2.63. The van der Waals surface area contributed by atoms with E-state index in [1.54, 1.807) is 0 Å². The van der Waals surface area contributed by atoms with Crippen LogP contribution in [0.25, 0.3) is 0 Å². The van der Waals surface area contributed by atoms with Crippen molar-refractivity contribution in [3.05, 3.63) is 0 Å². The first kappa shape index (κ1) is 24.4. The van der Waals surface area contributed by atoms with Crippen molar-refractivity contribution in [2.75, 3.05) is 0 Å². The zero-order chi connectivity index (χ0) is 23.5. The molecule has 0 aromatic carbocycles. The molecule has 0 aliphatic heterocycles. The van der Waals surface area contributed by atoms with Gasteiger partial charge in [0.25, 0.3) is 0 Å². The van der Waals surface area contributed by atoms with Gasteiger partial charge >= 0.3 is 5.97 Å². The van der Waals surface area contributed by atoms with Crippen LogP contribution in [0.1, 0.15) is 85.0 Å². The Balaban J connectivity index is 1.51. The van der Waals surface area contributed by atoms with E-state index in [-0.39, 0.29) is 23.2 Å². The first-order valence-corrected chi connectivity index (χ1v) is 16.7. The smallest absolute Gasteiger partial charge is 0.303 e. The van der Waals surface area contributed by atoms with Crippen LogP contribution in [-0.4, -0.2) is 31.3 Å². The van der Waals surface area contributed by atoms with Gasteiger partial charge in [-0.15, -0.1) is 0 Å². The molecule has 0 bridgehead atoms. The maximum atomic E-state index is 13.7. The molecule has 0 radical (unpaired) electrons. The maximum Gasteiger partial charge on any atom is 0.303 e. The molecule has 4 rings (SSSR count). The molecule has 4 aliphatic rings. The molecular formula is C27H46O4Si. The summed E-state index contributed by atoms with van der Waals surface area (Å²) in [7, 11) is -1.56. The molecule has 4 fully saturated rings. The van der Waals surface area contributed by atoms with Crippen LogP contribution in [0.15, 0.2) is 0 Å². The number of hydrogen-bond acceptors (Lipinski definition) is 3. The molecule has 4 nitrogen and oxygen atoms in total. The van der Waals surface area contributed by atoms with Crippen molar-refractivity contribution in [1.29, 1.82) is 0 Å². The van der Waals surface area contributed by atoms with Crippen molar-refractivity contribution >= 4 is 20.1 Å². The van der Waals surface area contributed by atoms with Gasteiger partial charge in [0.2, 0.25) is 0 Å². The van der Waals surface area contributed by atoms with E-state index < -0.39 is 14.3 Å². The third-order valence-electron chi connectivity index (χ3n) is 10.5. The number of carbonyl (C=O) groups excluding carboxylic acids is 1. The second-order valence-corrected chi connectivity index (χ2v) is 17.8. The zero-order valence-electron chi connectivity index (χ0n) is 21.3. The van der Waals surface area contributed by atoms with Gasteiger partial charge in [0, 0.05) is 24.9 Å². The average Bonchev–Trinajstić information content (AvgIpc) is 3.03. The Hall–Kier alpha value is -0.683. The number of carboxylic acids is 1. The molecule has 5 heteroatoms. The third kappa shape index (κ3) is 4.26. The summed E-state index contributed by atoms with van der Waals surface area (Å²) < 4.78 is 6.50. The molecule has 0 heterocycles. The molecule has 0 spiro atoms. The van der Waals surface area contributed by atoms with Gasteiger partial charge in [-0.25, -0.2) is 0 Å². The zero-order valence-corrected chi connectivity index (χ0v) is 22.3. The van der Waals surface area contributed by atoms with Gasteiger partial charge in [-0.05, 0) is 111 Å². The Bertz CT molecular complexity index is 744. The highest BCUT2D eigenvalue weighted by atomic mass is 28.4. The minimum Gasteiger partial charge on any atom is -0.481 e. The van der Waals surface area contributed by atoms with Crippen molar-refractivity contribution in [1.82, 2.24) is 0 Å². The Labute approximate surface area is 196 Å². The maximum absolute atomic E-state index is 13.7. The quantitative estimate of drug-likeness (QED) is 0.455. The Morgan fingerprint density at radius 3 is 2.41 bits per heavy atom. The number of fused-ring (bicyclic) bond motifs is 5. The Kier molecular flexibility index (Phi) is 6.50. The lowest BCUT2D eigenvalue weighted by Gasteiger charge is -2.60. The third-order valence-corrected chi connectivity index (χ3v) is 11.6. The number of rotatable bonds is 6. The molecule has 9 atom stereocenters. The summed E-state index contributed by atoms with van der Waals surface area (Å²) in [5, 5.41) is 9.16. The molecule has 4 saturated carbocycles. The lowest BCUT2D eigenvalue weighted by Crippen LogP contribution is -2.57. The van der Waals surface area contributed by atoms with E-state index in [1.165, 1.54) is 25.7 Å². The summed E-state index contributed by atoms with van der Waals surface area (Å²) in [6, 6.07) is 0. The van der Waals surface area contributed by atoms with Crippen LogP contribution in [0.4, 0.5) is 0 Å². The van der Waals surface area contributed by atoms with E-state index in [4.69, 9.17) is 9.53 Å². The van der Waals surface area contributed by atoms with Crippen LogP contribution in [-0.2, 0) is 14.0 Å². The molecule has 0 aromatic rings. The normalized spacial score (nSPS) is 45.0. The van der Waals surface area contributed by atoms with Crippen LogP contribution in [0.5, 0.6) is 0 Å². The fourth-order valence-corrected chi connectivity index (χ4v) is 10.2. The summed E-state index contributed by atoms with van der Waals surface area (Å²) in [6.45, 7) is 14.0. The number of hydrogen-bond donors (Lipinski definition) is 1. The number of aliphatic carboxylic acids is 1. The van der Waals surface area contributed by atoms with Gasteiger partial charge in [-0.2, -0.15) is 0 Å². The predicted octanol–water partition coefficient (Wildman–Crippen LogP) is 6.55. The van der Waals surface area contributed by atoms with Crippen LogP contribution in [0.2, 0.25) is 19.6 Å². The van der Waals surface area contributed by atoms with Crippen molar-refractivity contribution in [3.8, 4) is 0 Å². The number of Topliss-reactive ketones (excluding diaryl/α,β-unsaturated/α-hetero) is 1. The van der Waals surface area contributed by atoms with Crippen LogP contribution >= 0.6 is 0 Å². The summed E-state index contributed by atoms with van der Waals surface area (Å²) in [5.41, 5.74) is 0.488. The topological polar surface area (TPSA) is 63.6 Å². The fourth-order valence-electron chi connectivity index (χ4n) is 9.03. The lowest BCUT2D eigenvalue weighted by atomic mass is 9.44. The Morgan fingerprint density at radius 1 is 1.09 bits per heavy atom. The van der Waals surface area contributed by atoms with Crippen LogP contribution < -0.4 is 0 Å². The van der Waals surface area contributed by atoms with Crippen molar-refractivity contribution in [3.63, 3.8) is 0 Å². The van der Waals surface area contributed by atoms with Crippen LogP contribution in [0.3, 0.4) is 0 Å². The SMILES string of the molecule is C[C@H](CCC(=O)O)[C@H]1CC[C@H]2[C@@H]3C(=O)C[C@@H]4C[C@H](O[Si](C)(C)C)CC[C@]4(C)[C@H]3CC[C@]12C. The highest BCUT2D eigenvalue weighted by molar-refractivity contribution is 6.69. The number of carbonyl (C=O) groups is 2. The second-order valence-electron chi connectivity index (χ2n) is 13.4. The van der Waals surface area contributed by atoms with E-state index in [0.717, 1.165) is 32.1 Å². The largest absolute Gasteiger partial charge is 0.481 e. The Morgan fingerprint density at radius 2 is 1.75 bits per heavy atom. The standard InChI is InChI=1S/C27H46O4Si/c1-17(7-10-24(29)30)20-8-9-21-25-22(12-14-27(20,21)3)26(2)13-11-19(31-32(4,5)6)15-18(26)16-23(25)28/h17-22,25H,7-16H2,1-6H3,(H,29,30)/t17-,18+,19-,20-,21+,22+,25+,26+,27-/m1/s1. The van der Waals surface area contributed by atoms with Gasteiger partial charge < -0.3 is 9.53 Å². The minimum absolute atomic E-state index is 0.204. The summed E-state index contributed by atoms with van der Waals surface area (Å²) >= 11 is 0. The average molecular weight is 463 g/mol. The van der Waals surface area contributed by atoms with Gasteiger partial charge in [0.1, 0.15) is 5.78 Å². The molecule has 0 unspecified atom stereocenters. The first-order valence-electron chi connectivity index (χ1n) is 13.3. The predicted molar refractivity (Wildman–Crippen MR) is 130 cm³/mol. The van der Waals surface area contributed by atoms with E-state index in [0.29, 0.717) is 41.5 Å². The summed E-state index contributed by atoms with van der Waals surface area (Å²) in [6.07, 6.45) is 10.3. The molecule has 1 N–H and O–H groups in total. The highest BCUT2D eigenvalue weighted by Crippen LogP contribution is 2.67. The molecule has 182 valence electrons. The monoisotopic (exact) mass is 462 g/mol. The van der Waals surface area contributed by atoms with E-state index in [1.807, 2.05) is 0 Å². The second kappa shape index (κ2) is 8.52. The summed E-state index contributed by atoms with van der Waals surface area (Å²) in [5.74, 6) is 2.60. The molecule has 0 aromatic heterocycles. The van der Waals surface area contributed by atoms with Crippen LogP contribution in [0, 0.1) is 46.3 Å². The fraction of sp³-hybridized carbons (Fsp3) is 0.926. The van der Waals surface area contributed by atoms with E-state index in [2.05, 4.69) is 40.4 Å².